The van der Waals surface area contributed by atoms with Gasteiger partial charge in [0.25, 0.3) is 0 Å². The van der Waals surface area contributed by atoms with Crippen LogP contribution in [0.1, 0.15) is 37.3 Å². The molecule has 1 heterocycles. The summed E-state index contributed by atoms with van der Waals surface area (Å²) in [5.41, 5.74) is 7.09. The highest BCUT2D eigenvalue weighted by atomic mass is 35.5. The van der Waals surface area contributed by atoms with E-state index >= 15 is 0 Å². The molecule has 1 amide bonds. The van der Waals surface area contributed by atoms with Crippen molar-refractivity contribution in [2.45, 2.75) is 37.8 Å². The van der Waals surface area contributed by atoms with E-state index in [1.54, 1.807) is 0 Å². The summed E-state index contributed by atoms with van der Waals surface area (Å²) in [6.45, 7) is 3.69. The number of nitrogens with two attached hydrogens (primary N) is 1. The summed E-state index contributed by atoms with van der Waals surface area (Å²) in [4.78, 5) is 14.9. The molecule has 1 aliphatic heterocycles. The summed E-state index contributed by atoms with van der Waals surface area (Å²) in [6, 6.07) is 8.11. The van der Waals surface area contributed by atoms with Crippen molar-refractivity contribution in [3.63, 3.8) is 0 Å². The van der Waals surface area contributed by atoms with Crippen molar-refractivity contribution < 1.29 is 9.53 Å². The lowest BCUT2D eigenvalue weighted by Gasteiger charge is -2.35. The Balaban J connectivity index is 1.67. The van der Waals surface area contributed by atoms with Gasteiger partial charge in [0.15, 0.2) is 0 Å². The van der Waals surface area contributed by atoms with Crippen molar-refractivity contribution in [1.29, 1.82) is 0 Å². The molecule has 2 fully saturated rings. The van der Waals surface area contributed by atoms with Gasteiger partial charge >= 0.3 is 0 Å². The van der Waals surface area contributed by atoms with Crippen LogP contribution in [-0.4, -0.2) is 49.7 Å². The summed E-state index contributed by atoms with van der Waals surface area (Å²) < 4.78 is 5.47. The van der Waals surface area contributed by atoms with E-state index < -0.39 is 0 Å². The number of rotatable bonds is 5. The molecule has 6 heteroatoms. The predicted octanol–water partition coefficient (Wildman–Crippen LogP) is 2.35. The first-order valence-corrected chi connectivity index (χ1v) is 9.62. The van der Waals surface area contributed by atoms with Crippen LogP contribution in [0.2, 0.25) is 5.02 Å². The third-order valence-corrected chi connectivity index (χ3v) is 5.65. The van der Waals surface area contributed by atoms with Crippen molar-refractivity contribution in [2.24, 2.45) is 11.7 Å². The molecule has 1 aromatic carbocycles. The molecule has 0 aromatic heterocycles. The van der Waals surface area contributed by atoms with Crippen LogP contribution in [0, 0.1) is 5.92 Å². The molecule has 138 valence electrons. The first-order valence-electron chi connectivity index (χ1n) is 9.24. The molecular weight excluding hydrogens is 338 g/mol. The van der Waals surface area contributed by atoms with Crippen molar-refractivity contribution in [3.8, 4) is 0 Å². The van der Waals surface area contributed by atoms with Crippen LogP contribution in [0.4, 0.5) is 0 Å². The first-order chi connectivity index (χ1) is 12.1. The molecule has 3 rings (SSSR count). The Hall–Kier alpha value is -1.14. The van der Waals surface area contributed by atoms with Gasteiger partial charge in [-0.2, -0.15) is 0 Å². The van der Waals surface area contributed by atoms with E-state index in [-0.39, 0.29) is 23.9 Å². The molecule has 1 saturated heterocycles. The van der Waals surface area contributed by atoms with Crippen molar-refractivity contribution in [2.75, 3.05) is 32.8 Å². The van der Waals surface area contributed by atoms with Crippen LogP contribution < -0.4 is 11.1 Å². The maximum absolute atomic E-state index is 12.6. The number of nitrogens with one attached hydrogen (secondary N) is 1. The number of carbonyl (C=O) groups excluding carboxylic acids is 1. The zero-order chi connectivity index (χ0) is 17.6. The number of ether oxygens (including phenoxy) is 1. The second-order valence-corrected chi connectivity index (χ2v) is 7.46. The van der Waals surface area contributed by atoms with Crippen LogP contribution in [0.5, 0.6) is 0 Å². The summed E-state index contributed by atoms with van der Waals surface area (Å²) in [6.07, 6.45) is 3.80. The number of carbonyl (C=O) groups is 1. The van der Waals surface area contributed by atoms with Gasteiger partial charge in [-0.3, -0.25) is 9.69 Å². The van der Waals surface area contributed by atoms with E-state index in [9.17, 15) is 4.79 Å². The van der Waals surface area contributed by atoms with Gasteiger partial charge in [-0.25, -0.2) is 0 Å². The number of morpholine rings is 1. The van der Waals surface area contributed by atoms with Gasteiger partial charge in [-0.1, -0.05) is 36.2 Å². The van der Waals surface area contributed by atoms with E-state index in [2.05, 4.69) is 10.2 Å². The molecular formula is C19H28ClN3O2. The number of amides is 1. The van der Waals surface area contributed by atoms with Gasteiger partial charge in [-0.05, 0) is 30.9 Å². The number of nitrogens with zero attached hydrogens (tertiary/aromatic N) is 1. The van der Waals surface area contributed by atoms with E-state index in [4.69, 9.17) is 22.1 Å². The Morgan fingerprint density at radius 2 is 2.08 bits per heavy atom. The van der Waals surface area contributed by atoms with Gasteiger partial charge in [-0.15, -0.1) is 0 Å². The lowest BCUT2D eigenvalue weighted by atomic mass is 9.85. The Morgan fingerprint density at radius 1 is 1.32 bits per heavy atom. The zero-order valence-corrected chi connectivity index (χ0v) is 15.4. The molecule has 3 atom stereocenters. The van der Waals surface area contributed by atoms with Gasteiger partial charge in [0, 0.05) is 36.6 Å². The average Bonchev–Trinajstić information content (AvgIpc) is 2.64. The van der Waals surface area contributed by atoms with E-state index in [0.717, 1.165) is 49.4 Å². The van der Waals surface area contributed by atoms with E-state index in [1.165, 1.54) is 0 Å². The monoisotopic (exact) mass is 365 g/mol. The van der Waals surface area contributed by atoms with Crippen molar-refractivity contribution in [1.82, 2.24) is 10.2 Å². The highest BCUT2D eigenvalue weighted by Gasteiger charge is 2.28. The van der Waals surface area contributed by atoms with Crippen LogP contribution in [0.3, 0.4) is 0 Å². The van der Waals surface area contributed by atoms with Crippen molar-refractivity contribution in [3.05, 3.63) is 34.9 Å². The van der Waals surface area contributed by atoms with E-state index in [1.807, 2.05) is 24.3 Å². The largest absolute Gasteiger partial charge is 0.379 e. The average molecular weight is 366 g/mol. The molecule has 1 aliphatic carbocycles. The van der Waals surface area contributed by atoms with Crippen LogP contribution in [0.25, 0.3) is 0 Å². The second kappa shape index (κ2) is 8.99. The molecule has 0 unspecified atom stereocenters. The zero-order valence-electron chi connectivity index (χ0n) is 14.6. The fraction of sp³-hybridized carbons (Fsp3) is 0.632. The summed E-state index contributed by atoms with van der Waals surface area (Å²) in [5, 5.41) is 3.90. The van der Waals surface area contributed by atoms with Crippen LogP contribution >= 0.6 is 11.6 Å². The topological polar surface area (TPSA) is 67.6 Å². The minimum absolute atomic E-state index is 0.0420. The molecule has 0 bridgehead atoms. The highest BCUT2D eigenvalue weighted by molar-refractivity contribution is 6.31. The van der Waals surface area contributed by atoms with Gasteiger partial charge in [0.05, 0.1) is 19.3 Å². The molecule has 5 nitrogen and oxygen atoms in total. The Labute approximate surface area is 154 Å². The summed E-state index contributed by atoms with van der Waals surface area (Å²) >= 11 is 6.43. The van der Waals surface area contributed by atoms with E-state index in [0.29, 0.717) is 19.8 Å². The Bertz CT molecular complexity index is 578. The molecule has 25 heavy (non-hydrogen) atoms. The smallest absolute Gasteiger partial charge is 0.223 e. The lowest BCUT2D eigenvalue weighted by Crippen LogP contribution is -2.45. The minimum Gasteiger partial charge on any atom is -0.379 e. The SMILES string of the molecule is N[C@@H]1CCC[C@@H](C(=O)NC[C@@H](c2ccccc2Cl)N2CCOCC2)C1. The quantitative estimate of drug-likeness (QED) is 0.840. The molecule has 0 spiro atoms. The minimum atomic E-state index is 0.0420. The number of halogens is 1. The number of hydrogen-bond acceptors (Lipinski definition) is 4. The normalized spacial score (nSPS) is 26.2. The Kier molecular flexibility index (Phi) is 6.70. The maximum Gasteiger partial charge on any atom is 0.223 e. The molecule has 2 aliphatic rings. The molecule has 0 radical (unpaired) electrons. The fourth-order valence-corrected chi connectivity index (χ4v) is 4.14. The maximum atomic E-state index is 12.6. The first kappa shape index (κ1) is 18.6. The second-order valence-electron chi connectivity index (χ2n) is 7.05. The molecule has 3 N–H and O–H groups in total. The Morgan fingerprint density at radius 3 is 2.80 bits per heavy atom. The van der Waals surface area contributed by atoms with Crippen molar-refractivity contribution >= 4 is 17.5 Å². The third-order valence-electron chi connectivity index (χ3n) is 5.31. The van der Waals surface area contributed by atoms with Crippen LogP contribution in [0.15, 0.2) is 24.3 Å². The predicted molar refractivity (Wildman–Crippen MR) is 99.5 cm³/mol. The third kappa shape index (κ3) is 4.94. The summed E-state index contributed by atoms with van der Waals surface area (Å²) in [5.74, 6) is 0.167. The fourth-order valence-electron chi connectivity index (χ4n) is 3.88. The highest BCUT2D eigenvalue weighted by Crippen LogP contribution is 2.28. The standard InChI is InChI=1S/C19H28ClN3O2/c20-17-7-2-1-6-16(17)18(23-8-10-25-11-9-23)13-22-19(24)14-4-3-5-15(21)12-14/h1-2,6-7,14-15,18H,3-5,8-13,21H2,(H,22,24)/t14-,15-,18+/m1/s1. The number of hydrogen-bond donors (Lipinski definition) is 2. The molecule has 1 saturated carbocycles. The molecule has 1 aromatic rings. The van der Waals surface area contributed by atoms with Crippen LogP contribution in [-0.2, 0) is 9.53 Å². The lowest BCUT2D eigenvalue weighted by molar-refractivity contribution is -0.126. The van der Waals surface area contributed by atoms with Gasteiger partial charge in [0.1, 0.15) is 0 Å². The van der Waals surface area contributed by atoms with Gasteiger partial charge in [0.2, 0.25) is 5.91 Å². The number of benzene rings is 1. The summed E-state index contributed by atoms with van der Waals surface area (Å²) in [7, 11) is 0. The van der Waals surface area contributed by atoms with Gasteiger partial charge < -0.3 is 15.8 Å².